The lowest BCUT2D eigenvalue weighted by Crippen LogP contribution is -2.32. The average molecular weight is 322 g/mol. The van der Waals surface area contributed by atoms with E-state index < -0.39 is 0 Å². The number of ketones is 2. The first-order valence-corrected chi connectivity index (χ1v) is 7.91. The highest BCUT2D eigenvalue weighted by molar-refractivity contribution is 6.30. The Bertz CT molecular complexity index is 867. The molecule has 0 bridgehead atoms. The van der Waals surface area contributed by atoms with Gasteiger partial charge in [0.1, 0.15) is 0 Å². The van der Waals surface area contributed by atoms with Crippen molar-refractivity contribution in [3.05, 3.63) is 64.2 Å². The van der Waals surface area contributed by atoms with Crippen molar-refractivity contribution in [1.29, 1.82) is 0 Å². The lowest BCUT2D eigenvalue weighted by molar-refractivity contribution is 0.0773. The van der Waals surface area contributed by atoms with Gasteiger partial charge >= 0.3 is 0 Å². The number of nitrogens with two attached hydrogens (primary N) is 1. The van der Waals surface area contributed by atoms with Crippen LogP contribution in [0.3, 0.4) is 0 Å². The molecule has 2 aromatic rings. The highest BCUT2D eigenvalue weighted by Gasteiger charge is 2.33. The summed E-state index contributed by atoms with van der Waals surface area (Å²) in [6.45, 7) is 4.84. The number of fused-ring (bicyclic) bond motifs is 2. The molecule has 0 saturated carbocycles. The fraction of sp³-hybridized carbons (Fsp3) is 0.211. The van der Waals surface area contributed by atoms with Crippen LogP contribution in [0, 0.1) is 0 Å². The van der Waals surface area contributed by atoms with E-state index in [1.165, 1.54) is 12.1 Å². The Morgan fingerprint density at radius 1 is 0.917 bits per heavy atom. The van der Waals surface area contributed by atoms with Crippen LogP contribution in [0.1, 0.15) is 56.0 Å². The molecule has 24 heavy (non-hydrogen) atoms. The Kier molecular flexibility index (Phi) is 3.93. The molecule has 0 fully saturated rings. The lowest BCUT2D eigenvalue weighted by Gasteiger charge is -2.23. The van der Waals surface area contributed by atoms with Gasteiger partial charge in [-0.1, -0.05) is 24.3 Å². The molecule has 0 saturated heterocycles. The number of rotatable bonds is 3. The molecule has 0 aromatic heterocycles. The SMILES string of the molecule is CCN(CC)C(=O)c1ccc2c(c1N)C(=O)c1ccccc1C2=O. The first kappa shape index (κ1) is 15.9. The average Bonchev–Trinajstić information content (AvgIpc) is 2.60. The number of benzene rings is 2. The number of amides is 1. The minimum Gasteiger partial charge on any atom is -0.397 e. The van der Waals surface area contributed by atoms with E-state index in [0.29, 0.717) is 24.2 Å². The number of hydrogen-bond donors (Lipinski definition) is 1. The van der Waals surface area contributed by atoms with Gasteiger partial charge in [-0.3, -0.25) is 14.4 Å². The van der Waals surface area contributed by atoms with Crippen molar-refractivity contribution >= 4 is 23.2 Å². The van der Waals surface area contributed by atoms with E-state index in [1.807, 2.05) is 13.8 Å². The predicted molar refractivity (Wildman–Crippen MR) is 91.4 cm³/mol. The Hall–Kier alpha value is -2.95. The molecule has 0 radical (unpaired) electrons. The van der Waals surface area contributed by atoms with Gasteiger partial charge in [0.15, 0.2) is 11.6 Å². The van der Waals surface area contributed by atoms with Gasteiger partial charge in [0, 0.05) is 29.8 Å². The third-order valence-corrected chi connectivity index (χ3v) is 4.41. The molecular weight excluding hydrogens is 304 g/mol. The second-order valence-corrected chi connectivity index (χ2v) is 5.63. The monoisotopic (exact) mass is 322 g/mol. The molecule has 5 heteroatoms. The van der Waals surface area contributed by atoms with Crippen molar-refractivity contribution < 1.29 is 14.4 Å². The van der Waals surface area contributed by atoms with Crippen LogP contribution >= 0.6 is 0 Å². The molecule has 0 unspecified atom stereocenters. The van der Waals surface area contributed by atoms with Crippen molar-refractivity contribution in [2.75, 3.05) is 18.8 Å². The smallest absolute Gasteiger partial charge is 0.255 e. The van der Waals surface area contributed by atoms with E-state index in [1.54, 1.807) is 29.2 Å². The van der Waals surface area contributed by atoms with Gasteiger partial charge in [-0.05, 0) is 26.0 Å². The summed E-state index contributed by atoms with van der Waals surface area (Å²) in [7, 11) is 0. The number of nitrogens with zero attached hydrogens (tertiary/aromatic N) is 1. The minimum absolute atomic E-state index is 0.0808. The summed E-state index contributed by atoms with van der Waals surface area (Å²) in [5, 5.41) is 0. The van der Waals surface area contributed by atoms with E-state index in [4.69, 9.17) is 5.73 Å². The summed E-state index contributed by atoms with van der Waals surface area (Å²) >= 11 is 0. The number of anilines is 1. The van der Waals surface area contributed by atoms with E-state index in [2.05, 4.69) is 0 Å². The van der Waals surface area contributed by atoms with Crippen LogP contribution in [0.15, 0.2) is 36.4 Å². The summed E-state index contributed by atoms with van der Waals surface area (Å²) in [4.78, 5) is 39.7. The van der Waals surface area contributed by atoms with Crippen LogP contribution in [0.5, 0.6) is 0 Å². The van der Waals surface area contributed by atoms with Gasteiger partial charge in [0.2, 0.25) is 0 Å². The Balaban J connectivity index is 2.18. The maximum absolute atomic E-state index is 12.8. The molecule has 2 N–H and O–H groups in total. The molecule has 0 aliphatic heterocycles. The van der Waals surface area contributed by atoms with Gasteiger partial charge in [0.05, 0.1) is 16.8 Å². The summed E-state index contributed by atoms with van der Waals surface area (Å²) in [6, 6.07) is 9.72. The Morgan fingerprint density at radius 3 is 2.08 bits per heavy atom. The van der Waals surface area contributed by atoms with Crippen LogP contribution in [0.4, 0.5) is 5.69 Å². The number of carbonyl (C=O) groups excluding carboxylic acids is 3. The van der Waals surface area contributed by atoms with E-state index >= 15 is 0 Å². The molecule has 0 heterocycles. The summed E-state index contributed by atoms with van der Waals surface area (Å²) in [5.41, 5.74) is 7.58. The van der Waals surface area contributed by atoms with E-state index in [9.17, 15) is 14.4 Å². The number of nitrogen functional groups attached to an aromatic ring is 1. The highest BCUT2D eigenvalue weighted by atomic mass is 16.2. The van der Waals surface area contributed by atoms with Crippen molar-refractivity contribution in [2.24, 2.45) is 0 Å². The van der Waals surface area contributed by atoms with Crippen LogP contribution in [-0.2, 0) is 0 Å². The van der Waals surface area contributed by atoms with Crippen molar-refractivity contribution in [1.82, 2.24) is 4.90 Å². The Labute approximate surface area is 140 Å². The molecule has 3 rings (SSSR count). The van der Waals surface area contributed by atoms with E-state index in [-0.39, 0.29) is 39.9 Å². The van der Waals surface area contributed by atoms with Gasteiger partial charge in [-0.15, -0.1) is 0 Å². The zero-order valence-electron chi connectivity index (χ0n) is 13.6. The molecule has 0 atom stereocenters. The molecule has 2 aromatic carbocycles. The maximum atomic E-state index is 12.8. The van der Waals surface area contributed by atoms with Crippen LogP contribution in [0.2, 0.25) is 0 Å². The normalized spacial score (nSPS) is 12.6. The van der Waals surface area contributed by atoms with Gasteiger partial charge in [-0.25, -0.2) is 0 Å². The second-order valence-electron chi connectivity index (χ2n) is 5.63. The number of carbonyl (C=O) groups is 3. The fourth-order valence-corrected chi connectivity index (χ4v) is 3.08. The highest BCUT2D eigenvalue weighted by Crippen LogP contribution is 2.33. The topological polar surface area (TPSA) is 80.5 Å². The standard InChI is InChI=1S/C19H18N2O3/c1-3-21(4-2)19(24)14-10-9-13-15(16(14)20)18(23)12-8-6-5-7-11(12)17(13)22/h5-10H,3-4,20H2,1-2H3. The maximum Gasteiger partial charge on any atom is 0.255 e. The van der Waals surface area contributed by atoms with Crippen LogP contribution in [-0.4, -0.2) is 35.5 Å². The first-order valence-electron chi connectivity index (χ1n) is 7.91. The van der Waals surface area contributed by atoms with Gasteiger partial charge < -0.3 is 10.6 Å². The first-order chi connectivity index (χ1) is 11.5. The predicted octanol–water partition coefficient (Wildman–Crippen LogP) is 2.53. The molecule has 1 aliphatic carbocycles. The van der Waals surface area contributed by atoms with Crippen molar-refractivity contribution in [2.45, 2.75) is 13.8 Å². The molecular formula is C19H18N2O3. The third-order valence-electron chi connectivity index (χ3n) is 4.41. The second kappa shape index (κ2) is 5.92. The van der Waals surface area contributed by atoms with Crippen molar-refractivity contribution in [3.63, 3.8) is 0 Å². The molecule has 1 amide bonds. The number of hydrogen-bond acceptors (Lipinski definition) is 4. The largest absolute Gasteiger partial charge is 0.397 e. The minimum atomic E-state index is -0.313. The lowest BCUT2D eigenvalue weighted by atomic mass is 9.82. The van der Waals surface area contributed by atoms with E-state index in [0.717, 1.165) is 0 Å². The zero-order chi connectivity index (χ0) is 17.4. The molecule has 0 spiro atoms. The zero-order valence-corrected chi connectivity index (χ0v) is 13.6. The molecule has 122 valence electrons. The molecule has 1 aliphatic rings. The van der Waals surface area contributed by atoms with Crippen molar-refractivity contribution in [3.8, 4) is 0 Å². The summed E-state index contributed by atoms with van der Waals surface area (Å²) < 4.78 is 0. The van der Waals surface area contributed by atoms with Crippen LogP contribution < -0.4 is 5.73 Å². The quantitative estimate of drug-likeness (QED) is 0.751. The molecule has 5 nitrogen and oxygen atoms in total. The van der Waals surface area contributed by atoms with Gasteiger partial charge in [-0.2, -0.15) is 0 Å². The fourth-order valence-electron chi connectivity index (χ4n) is 3.08. The van der Waals surface area contributed by atoms with Gasteiger partial charge in [0.25, 0.3) is 5.91 Å². The summed E-state index contributed by atoms with van der Waals surface area (Å²) in [5.74, 6) is -0.792. The Morgan fingerprint density at radius 2 is 1.50 bits per heavy atom. The van der Waals surface area contributed by atoms with Crippen LogP contribution in [0.25, 0.3) is 0 Å². The summed E-state index contributed by atoms with van der Waals surface area (Å²) in [6.07, 6.45) is 0. The third kappa shape index (κ3) is 2.21.